The SMILES string of the molecule is C[C@H](Cn1cncn1)N[C@@H]1CCCN(C(=O)OC(C)(C)C)C1. The topological polar surface area (TPSA) is 72.3 Å². The molecule has 0 saturated carbocycles. The van der Waals surface area contributed by atoms with E-state index in [4.69, 9.17) is 4.74 Å². The predicted octanol–water partition coefficient (Wildman–Crippen LogP) is 1.66. The molecule has 7 heteroatoms. The molecule has 1 aliphatic heterocycles. The zero-order valence-corrected chi connectivity index (χ0v) is 14.0. The second-order valence-electron chi connectivity index (χ2n) is 6.95. The van der Waals surface area contributed by atoms with Gasteiger partial charge in [-0.1, -0.05) is 0 Å². The van der Waals surface area contributed by atoms with Gasteiger partial charge >= 0.3 is 6.09 Å². The van der Waals surface area contributed by atoms with E-state index in [0.717, 1.165) is 25.9 Å². The van der Waals surface area contributed by atoms with Crippen molar-refractivity contribution < 1.29 is 9.53 Å². The number of nitrogens with zero attached hydrogens (tertiary/aromatic N) is 4. The van der Waals surface area contributed by atoms with Crippen LogP contribution in [0.1, 0.15) is 40.5 Å². The first kappa shape index (κ1) is 16.7. The number of hydrogen-bond donors (Lipinski definition) is 1. The zero-order chi connectivity index (χ0) is 16.2. The molecule has 2 atom stereocenters. The summed E-state index contributed by atoms with van der Waals surface area (Å²) >= 11 is 0. The van der Waals surface area contributed by atoms with Crippen LogP contribution < -0.4 is 5.32 Å². The fraction of sp³-hybridized carbons (Fsp3) is 0.800. The summed E-state index contributed by atoms with van der Waals surface area (Å²) in [5.74, 6) is 0. The Morgan fingerprint density at radius 3 is 2.91 bits per heavy atom. The van der Waals surface area contributed by atoms with Crippen molar-refractivity contribution in [2.24, 2.45) is 0 Å². The van der Waals surface area contributed by atoms with Crippen LogP contribution in [0.5, 0.6) is 0 Å². The molecule has 1 aliphatic rings. The fourth-order valence-corrected chi connectivity index (χ4v) is 2.67. The number of amides is 1. The molecule has 7 nitrogen and oxygen atoms in total. The van der Waals surface area contributed by atoms with Gasteiger partial charge in [0.2, 0.25) is 0 Å². The van der Waals surface area contributed by atoms with Gasteiger partial charge in [0.05, 0.1) is 6.54 Å². The minimum Gasteiger partial charge on any atom is -0.444 e. The highest BCUT2D eigenvalue weighted by Crippen LogP contribution is 2.15. The van der Waals surface area contributed by atoms with E-state index in [9.17, 15) is 4.79 Å². The lowest BCUT2D eigenvalue weighted by Crippen LogP contribution is -2.51. The number of rotatable bonds is 4. The number of ether oxygens (including phenoxy) is 1. The van der Waals surface area contributed by atoms with Crippen LogP contribution in [-0.2, 0) is 11.3 Å². The van der Waals surface area contributed by atoms with Crippen LogP contribution in [0, 0.1) is 0 Å². The van der Waals surface area contributed by atoms with E-state index in [-0.39, 0.29) is 12.1 Å². The highest BCUT2D eigenvalue weighted by molar-refractivity contribution is 5.68. The van der Waals surface area contributed by atoms with Crippen LogP contribution in [0.3, 0.4) is 0 Å². The van der Waals surface area contributed by atoms with Gasteiger partial charge in [0.1, 0.15) is 18.3 Å². The molecule has 2 rings (SSSR count). The molecule has 1 N–H and O–H groups in total. The van der Waals surface area contributed by atoms with Gasteiger partial charge in [0, 0.05) is 25.2 Å². The Hall–Kier alpha value is -1.63. The Morgan fingerprint density at radius 2 is 2.27 bits per heavy atom. The second-order valence-corrected chi connectivity index (χ2v) is 6.95. The summed E-state index contributed by atoms with van der Waals surface area (Å²) in [6.45, 7) is 10.0. The van der Waals surface area contributed by atoms with Gasteiger partial charge in [0.15, 0.2) is 0 Å². The summed E-state index contributed by atoms with van der Waals surface area (Å²) in [5.41, 5.74) is -0.447. The van der Waals surface area contributed by atoms with Crippen LogP contribution in [0.2, 0.25) is 0 Å². The molecular weight excluding hydrogens is 282 g/mol. The van der Waals surface area contributed by atoms with E-state index in [0.29, 0.717) is 12.6 Å². The number of nitrogens with one attached hydrogen (secondary N) is 1. The van der Waals surface area contributed by atoms with Crippen molar-refractivity contribution in [3.63, 3.8) is 0 Å². The molecular formula is C15H27N5O2. The third-order valence-corrected chi connectivity index (χ3v) is 3.52. The minimum absolute atomic E-state index is 0.220. The number of aromatic nitrogens is 3. The fourth-order valence-electron chi connectivity index (χ4n) is 2.67. The van der Waals surface area contributed by atoms with Crippen LogP contribution in [0.25, 0.3) is 0 Å². The summed E-state index contributed by atoms with van der Waals surface area (Å²) < 4.78 is 7.26. The molecule has 0 aromatic carbocycles. The lowest BCUT2D eigenvalue weighted by Gasteiger charge is -2.35. The molecule has 2 heterocycles. The predicted molar refractivity (Wildman–Crippen MR) is 83.4 cm³/mol. The Morgan fingerprint density at radius 1 is 1.50 bits per heavy atom. The smallest absolute Gasteiger partial charge is 0.410 e. The Labute approximate surface area is 132 Å². The molecule has 0 unspecified atom stereocenters. The first-order valence-electron chi connectivity index (χ1n) is 7.90. The van der Waals surface area contributed by atoms with Crippen LogP contribution >= 0.6 is 0 Å². The van der Waals surface area contributed by atoms with E-state index < -0.39 is 5.60 Å². The van der Waals surface area contributed by atoms with Gasteiger partial charge in [-0.3, -0.25) is 4.68 Å². The third kappa shape index (κ3) is 5.29. The van der Waals surface area contributed by atoms with Crippen molar-refractivity contribution in [3.8, 4) is 0 Å². The Kier molecular flexibility index (Phi) is 5.39. The quantitative estimate of drug-likeness (QED) is 0.915. The molecule has 0 radical (unpaired) electrons. The molecule has 1 aromatic rings. The summed E-state index contributed by atoms with van der Waals surface area (Å²) in [6, 6.07) is 0.560. The van der Waals surface area contributed by atoms with E-state index >= 15 is 0 Å². The lowest BCUT2D eigenvalue weighted by atomic mass is 10.1. The number of carbonyl (C=O) groups excluding carboxylic acids is 1. The molecule has 0 bridgehead atoms. The maximum Gasteiger partial charge on any atom is 0.410 e. The number of carbonyl (C=O) groups is 1. The van der Waals surface area contributed by atoms with Gasteiger partial charge < -0.3 is 15.0 Å². The summed E-state index contributed by atoms with van der Waals surface area (Å²) in [4.78, 5) is 17.9. The van der Waals surface area contributed by atoms with Gasteiger partial charge in [-0.05, 0) is 40.5 Å². The van der Waals surface area contributed by atoms with Crippen LogP contribution in [-0.4, -0.2) is 56.5 Å². The maximum absolute atomic E-state index is 12.2. The molecule has 1 fully saturated rings. The van der Waals surface area contributed by atoms with E-state index in [1.165, 1.54) is 6.33 Å². The zero-order valence-electron chi connectivity index (χ0n) is 14.0. The van der Waals surface area contributed by atoms with E-state index in [1.54, 1.807) is 11.2 Å². The largest absolute Gasteiger partial charge is 0.444 e. The minimum atomic E-state index is -0.447. The molecule has 0 spiro atoms. The summed E-state index contributed by atoms with van der Waals surface area (Å²) in [7, 11) is 0. The molecule has 1 saturated heterocycles. The standard InChI is InChI=1S/C15H27N5O2/c1-12(8-20-11-16-10-17-20)18-13-6-5-7-19(9-13)14(21)22-15(2,3)4/h10-13,18H,5-9H2,1-4H3/t12-,13-/m1/s1. The monoisotopic (exact) mass is 309 g/mol. The Balaban J connectivity index is 1.81. The van der Waals surface area contributed by atoms with Crippen molar-refractivity contribution in [2.75, 3.05) is 13.1 Å². The van der Waals surface area contributed by atoms with Crippen molar-refractivity contribution in [2.45, 2.75) is 64.8 Å². The Bertz CT molecular complexity index is 469. The highest BCUT2D eigenvalue weighted by atomic mass is 16.6. The molecule has 1 amide bonds. The van der Waals surface area contributed by atoms with E-state index in [2.05, 4.69) is 22.3 Å². The first-order chi connectivity index (χ1) is 10.3. The molecule has 124 valence electrons. The second kappa shape index (κ2) is 7.09. The molecule has 1 aromatic heterocycles. The average Bonchev–Trinajstić information content (AvgIpc) is 2.89. The number of hydrogen-bond acceptors (Lipinski definition) is 5. The summed E-state index contributed by atoms with van der Waals surface area (Å²) in [6.07, 6.45) is 5.10. The van der Waals surface area contributed by atoms with Crippen molar-refractivity contribution in [1.82, 2.24) is 25.0 Å². The van der Waals surface area contributed by atoms with Gasteiger partial charge in [0.25, 0.3) is 0 Å². The molecule has 0 aliphatic carbocycles. The van der Waals surface area contributed by atoms with E-state index in [1.807, 2.05) is 25.5 Å². The van der Waals surface area contributed by atoms with Crippen molar-refractivity contribution in [1.29, 1.82) is 0 Å². The first-order valence-corrected chi connectivity index (χ1v) is 7.90. The number of piperidine rings is 1. The van der Waals surface area contributed by atoms with Gasteiger partial charge in [-0.25, -0.2) is 9.78 Å². The third-order valence-electron chi connectivity index (χ3n) is 3.52. The normalized spacial score (nSPS) is 20.7. The average molecular weight is 309 g/mol. The molecule has 22 heavy (non-hydrogen) atoms. The highest BCUT2D eigenvalue weighted by Gasteiger charge is 2.28. The van der Waals surface area contributed by atoms with Crippen molar-refractivity contribution >= 4 is 6.09 Å². The van der Waals surface area contributed by atoms with Crippen LogP contribution in [0.15, 0.2) is 12.7 Å². The van der Waals surface area contributed by atoms with Gasteiger partial charge in [-0.15, -0.1) is 0 Å². The van der Waals surface area contributed by atoms with Crippen LogP contribution in [0.4, 0.5) is 4.79 Å². The number of likely N-dealkylation sites (tertiary alicyclic amines) is 1. The van der Waals surface area contributed by atoms with Crippen molar-refractivity contribution in [3.05, 3.63) is 12.7 Å². The summed E-state index contributed by atoms with van der Waals surface area (Å²) in [5, 5.41) is 7.68. The van der Waals surface area contributed by atoms with Gasteiger partial charge in [-0.2, -0.15) is 5.10 Å². The maximum atomic E-state index is 12.2. The lowest BCUT2D eigenvalue weighted by molar-refractivity contribution is 0.0183.